The molecule has 1 heterocycles. The van der Waals surface area contributed by atoms with Gasteiger partial charge in [-0.25, -0.2) is 0 Å². The Morgan fingerprint density at radius 2 is 2.20 bits per heavy atom. The van der Waals surface area contributed by atoms with Crippen molar-refractivity contribution >= 4 is 0 Å². The van der Waals surface area contributed by atoms with Crippen molar-refractivity contribution in [1.82, 2.24) is 5.32 Å². The van der Waals surface area contributed by atoms with Crippen LogP contribution in [-0.2, 0) is 17.6 Å². The first-order chi connectivity index (χ1) is 9.65. The molecule has 20 heavy (non-hydrogen) atoms. The molecule has 3 nitrogen and oxygen atoms in total. The maximum atomic E-state index is 5.71. The number of benzene rings is 1. The van der Waals surface area contributed by atoms with Crippen LogP contribution in [0.2, 0.25) is 0 Å². The third-order valence-electron chi connectivity index (χ3n) is 3.47. The number of ether oxygens (including phenoxy) is 2. The lowest BCUT2D eigenvalue weighted by atomic mass is 10.1. The summed E-state index contributed by atoms with van der Waals surface area (Å²) in [7, 11) is 0. The molecule has 2 rings (SSSR count). The average molecular weight is 277 g/mol. The van der Waals surface area contributed by atoms with E-state index in [2.05, 4.69) is 44.3 Å². The fraction of sp³-hybridized carbons (Fsp3) is 0.647. The third kappa shape index (κ3) is 4.80. The topological polar surface area (TPSA) is 30.5 Å². The second-order valence-electron chi connectivity index (χ2n) is 6.04. The third-order valence-corrected chi connectivity index (χ3v) is 3.47. The summed E-state index contributed by atoms with van der Waals surface area (Å²) < 4.78 is 11.4. The molecule has 0 spiro atoms. The Morgan fingerprint density at radius 3 is 3.00 bits per heavy atom. The molecule has 1 aliphatic heterocycles. The SMILES string of the molecule is CC(C)CNCCOCCc1ccc2c(c1)CC(C)O2. The molecule has 1 aromatic carbocycles. The summed E-state index contributed by atoms with van der Waals surface area (Å²) in [6.45, 7) is 10.1. The summed E-state index contributed by atoms with van der Waals surface area (Å²) >= 11 is 0. The first kappa shape index (κ1) is 15.3. The van der Waals surface area contributed by atoms with E-state index in [4.69, 9.17) is 9.47 Å². The van der Waals surface area contributed by atoms with Gasteiger partial charge in [-0.15, -0.1) is 0 Å². The molecule has 3 heteroatoms. The molecular weight excluding hydrogens is 250 g/mol. The van der Waals surface area contributed by atoms with Crippen molar-refractivity contribution in [3.05, 3.63) is 29.3 Å². The van der Waals surface area contributed by atoms with Gasteiger partial charge in [0.05, 0.1) is 13.2 Å². The highest BCUT2D eigenvalue weighted by Gasteiger charge is 2.18. The molecule has 0 saturated carbocycles. The van der Waals surface area contributed by atoms with Gasteiger partial charge < -0.3 is 14.8 Å². The molecule has 0 aliphatic carbocycles. The summed E-state index contributed by atoms with van der Waals surface area (Å²) in [6.07, 6.45) is 2.33. The lowest BCUT2D eigenvalue weighted by Crippen LogP contribution is -2.24. The Balaban J connectivity index is 1.62. The fourth-order valence-corrected chi connectivity index (χ4v) is 2.46. The Kier molecular flexibility index (Phi) is 5.86. The van der Waals surface area contributed by atoms with Crippen molar-refractivity contribution in [3.8, 4) is 5.75 Å². The Bertz CT molecular complexity index is 417. The van der Waals surface area contributed by atoms with Gasteiger partial charge in [0.1, 0.15) is 11.9 Å². The van der Waals surface area contributed by atoms with Gasteiger partial charge in [-0.1, -0.05) is 26.0 Å². The van der Waals surface area contributed by atoms with Crippen LogP contribution in [0.1, 0.15) is 31.9 Å². The molecule has 0 saturated heterocycles. The highest BCUT2D eigenvalue weighted by molar-refractivity contribution is 5.40. The standard InChI is InChI=1S/C17H27NO2/c1-13(2)12-18-7-9-19-8-6-15-4-5-17-16(11-15)10-14(3)20-17/h4-5,11,13-14,18H,6-10,12H2,1-3H3. The van der Waals surface area contributed by atoms with E-state index in [1.54, 1.807) is 0 Å². The van der Waals surface area contributed by atoms with Crippen LogP contribution in [0.4, 0.5) is 0 Å². The van der Waals surface area contributed by atoms with E-state index in [0.717, 1.165) is 44.9 Å². The van der Waals surface area contributed by atoms with Crippen molar-refractivity contribution in [1.29, 1.82) is 0 Å². The quantitative estimate of drug-likeness (QED) is 0.741. The van der Waals surface area contributed by atoms with E-state index in [9.17, 15) is 0 Å². The first-order valence-electron chi connectivity index (χ1n) is 7.72. The van der Waals surface area contributed by atoms with Gasteiger partial charge in [0, 0.05) is 13.0 Å². The molecule has 0 bridgehead atoms. The lowest BCUT2D eigenvalue weighted by molar-refractivity contribution is 0.138. The van der Waals surface area contributed by atoms with Crippen LogP contribution in [0.5, 0.6) is 5.75 Å². The summed E-state index contributed by atoms with van der Waals surface area (Å²) in [5.74, 6) is 1.76. The van der Waals surface area contributed by atoms with Crippen LogP contribution in [-0.4, -0.2) is 32.4 Å². The minimum Gasteiger partial charge on any atom is -0.490 e. The van der Waals surface area contributed by atoms with Gasteiger partial charge in [0.2, 0.25) is 0 Å². The monoisotopic (exact) mass is 277 g/mol. The largest absolute Gasteiger partial charge is 0.490 e. The normalized spacial score (nSPS) is 17.3. The maximum absolute atomic E-state index is 5.71. The maximum Gasteiger partial charge on any atom is 0.123 e. The first-order valence-corrected chi connectivity index (χ1v) is 7.72. The smallest absolute Gasteiger partial charge is 0.123 e. The summed E-state index contributed by atoms with van der Waals surface area (Å²) in [4.78, 5) is 0. The molecule has 1 atom stereocenters. The van der Waals surface area contributed by atoms with Crippen molar-refractivity contribution < 1.29 is 9.47 Å². The van der Waals surface area contributed by atoms with E-state index in [0.29, 0.717) is 12.0 Å². The highest BCUT2D eigenvalue weighted by Crippen LogP contribution is 2.29. The van der Waals surface area contributed by atoms with Crippen molar-refractivity contribution in [3.63, 3.8) is 0 Å². The van der Waals surface area contributed by atoms with Gasteiger partial charge in [-0.05, 0) is 43.0 Å². The molecule has 1 unspecified atom stereocenters. The minimum absolute atomic E-state index is 0.323. The molecule has 0 aromatic heterocycles. The molecule has 112 valence electrons. The van der Waals surface area contributed by atoms with Crippen LogP contribution in [0.15, 0.2) is 18.2 Å². The second-order valence-corrected chi connectivity index (χ2v) is 6.04. The number of fused-ring (bicyclic) bond motifs is 1. The molecule has 1 aliphatic rings. The number of nitrogens with one attached hydrogen (secondary N) is 1. The fourth-order valence-electron chi connectivity index (χ4n) is 2.46. The molecular formula is C17H27NO2. The minimum atomic E-state index is 0.323. The predicted molar refractivity (Wildman–Crippen MR) is 82.5 cm³/mol. The summed E-state index contributed by atoms with van der Waals surface area (Å²) in [5.41, 5.74) is 2.69. The molecule has 0 fully saturated rings. The van der Waals surface area contributed by atoms with Crippen molar-refractivity contribution in [2.75, 3.05) is 26.3 Å². The average Bonchev–Trinajstić information content (AvgIpc) is 2.76. The van der Waals surface area contributed by atoms with Crippen LogP contribution in [0.25, 0.3) is 0 Å². The van der Waals surface area contributed by atoms with Gasteiger partial charge in [-0.2, -0.15) is 0 Å². The van der Waals surface area contributed by atoms with Crippen molar-refractivity contribution in [2.24, 2.45) is 5.92 Å². The molecule has 0 amide bonds. The molecule has 1 aromatic rings. The number of hydrogen-bond acceptors (Lipinski definition) is 3. The Labute approximate surface area is 122 Å². The van der Waals surface area contributed by atoms with Gasteiger partial charge >= 0.3 is 0 Å². The number of rotatable bonds is 8. The van der Waals surface area contributed by atoms with E-state index in [1.807, 2.05) is 0 Å². The Morgan fingerprint density at radius 1 is 1.35 bits per heavy atom. The van der Waals surface area contributed by atoms with Crippen LogP contribution in [0.3, 0.4) is 0 Å². The van der Waals surface area contributed by atoms with Crippen LogP contribution >= 0.6 is 0 Å². The van der Waals surface area contributed by atoms with E-state index < -0.39 is 0 Å². The summed E-state index contributed by atoms with van der Waals surface area (Å²) in [6, 6.07) is 6.51. The lowest BCUT2D eigenvalue weighted by Gasteiger charge is -2.08. The van der Waals surface area contributed by atoms with Gasteiger partial charge in [0.15, 0.2) is 0 Å². The molecule has 1 N–H and O–H groups in total. The van der Waals surface area contributed by atoms with Gasteiger partial charge in [-0.3, -0.25) is 0 Å². The van der Waals surface area contributed by atoms with E-state index in [-0.39, 0.29) is 0 Å². The zero-order valence-corrected chi connectivity index (χ0v) is 12.9. The summed E-state index contributed by atoms with van der Waals surface area (Å²) in [5, 5.41) is 3.38. The van der Waals surface area contributed by atoms with Crippen molar-refractivity contribution in [2.45, 2.75) is 39.7 Å². The Hall–Kier alpha value is -1.06. The number of hydrogen-bond donors (Lipinski definition) is 1. The zero-order valence-electron chi connectivity index (χ0n) is 12.9. The predicted octanol–water partition coefficient (Wildman–Crippen LogP) is 2.81. The second kappa shape index (κ2) is 7.65. The van der Waals surface area contributed by atoms with E-state index >= 15 is 0 Å². The highest BCUT2D eigenvalue weighted by atomic mass is 16.5. The van der Waals surface area contributed by atoms with Crippen LogP contribution in [0, 0.1) is 5.92 Å². The van der Waals surface area contributed by atoms with Crippen LogP contribution < -0.4 is 10.1 Å². The zero-order chi connectivity index (χ0) is 14.4. The van der Waals surface area contributed by atoms with E-state index in [1.165, 1.54) is 11.1 Å². The van der Waals surface area contributed by atoms with Gasteiger partial charge in [0.25, 0.3) is 0 Å². The molecule has 0 radical (unpaired) electrons.